The van der Waals surface area contributed by atoms with Crippen molar-refractivity contribution in [3.05, 3.63) is 89.2 Å². The van der Waals surface area contributed by atoms with E-state index in [1.807, 2.05) is 0 Å². The maximum Gasteiger partial charge on any atom is 0.264 e. The molecule has 11 heteroatoms. The van der Waals surface area contributed by atoms with Gasteiger partial charge in [-0.2, -0.15) is 0 Å². The van der Waals surface area contributed by atoms with Crippen molar-refractivity contribution in [1.82, 2.24) is 10.2 Å². The van der Waals surface area contributed by atoms with E-state index in [0.29, 0.717) is 16.3 Å². The Morgan fingerprint density at radius 1 is 0.949 bits per heavy atom. The molecule has 208 valence electrons. The van der Waals surface area contributed by atoms with E-state index in [0.717, 1.165) is 4.31 Å². The van der Waals surface area contributed by atoms with Crippen LogP contribution in [0.3, 0.4) is 0 Å². The number of carbonyl (C=O) groups excluding carboxylic acids is 2. The second-order valence-corrected chi connectivity index (χ2v) is 11.4. The molecule has 3 rings (SSSR count). The molecule has 0 aliphatic rings. The fourth-order valence-corrected chi connectivity index (χ4v) is 5.33. The molecule has 1 atom stereocenters. The second kappa shape index (κ2) is 12.9. The summed E-state index contributed by atoms with van der Waals surface area (Å²) in [6.45, 7) is 4.50. The average Bonchev–Trinajstić information content (AvgIpc) is 2.91. The fraction of sp³-hybridized carbons (Fsp3) is 0.286. The van der Waals surface area contributed by atoms with Gasteiger partial charge in [-0.3, -0.25) is 13.9 Å². The summed E-state index contributed by atoms with van der Waals surface area (Å²) in [5.41, 5.74) is 0.787. The molecule has 0 aromatic heterocycles. The van der Waals surface area contributed by atoms with E-state index in [4.69, 9.17) is 16.3 Å². The van der Waals surface area contributed by atoms with E-state index < -0.39 is 40.2 Å². The first kappa shape index (κ1) is 29.9. The third-order valence-electron chi connectivity index (χ3n) is 5.91. The predicted molar refractivity (Wildman–Crippen MR) is 149 cm³/mol. The van der Waals surface area contributed by atoms with Crippen LogP contribution in [0.4, 0.5) is 10.1 Å². The van der Waals surface area contributed by atoms with E-state index >= 15 is 0 Å². The summed E-state index contributed by atoms with van der Waals surface area (Å²) in [6.07, 6.45) is 0. The fourth-order valence-electron chi connectivity index (χ4n) is 3.79. The molecule has 8 nitrogen and oxygen atoms in total. The number of amides is 2. The van der Waals surface area contributed by atoms with Gasteiger partial charge in [0.25, 0.3) is 10.0 Å². The quantitative estimate of drug-likeness (QED) is 0.360. The summed E-state index contributed by atoms with van der Waals surface area (Å²) in [6, 6.07) is 16.2. The number of rotatable bonds is 11. The van der Waals surface area contributed by atoms with E-state index in [1.54, 1.807) is 20.8 Å². The molecule has 0 spiro atoms. The maximum absolute atomic E-state index is 13.8. The van der Waals surface area contributed by atoms with Crippen LogP contribution in [0.1, 0.15) is 26.3 Å². The van der Waals surface area contributed by atoms with Gasteiger partial charge in [-0.1, -0.05) is 23.7 Å². The lowest BCUT2D eigenvalue weighted by atomic mass is 10.1. The number of hydrogen-bond donors (Lipinski definition) is 1. The Kier molecular flexibility index (Phi) is 9.93. The SMILES string of the molecule is COc1ccc(S(=O)(=O)N(CC(=O)N(Cc2ccc(F)cc2)[C@@H](C)C(=O)NC(C)C)c2ccc(Cl)cc2)cc1. The number of carbonyl (C=O) groups is 2. The number of methoxy groups -OCH3 is 1. The first-order chi connectivity index (χ1) is 18.4. The summed E-state index contributed by atoms with van der Waals surface area (Å²) < 4.78 is 47.2. The molecule has 2 amide bonds. The van der Waals surface area contributed by atoms with Crippen LogP contribution in [-0.2, 0) is 26.2 Å². The van der Waals surface area contributed by atoms with Crippen molar-refractivity contribution >= 4 is 39.1 Å². The minimum absolute atomic E-state index is 0.0389. The van der Waals surface area contributed by atoms with Gasteiger partial charge in [-0.25, -0.2) is 12.8 Å². The molecule has 0 aliphatic heterocycles. The van der Waals surface area contributed by atoms with Crippen LogP contribution in [-0.4, -0.2) is 50.9 Å². The third kappa shape index (κ3) is 7.70. The van der Waals surface area contributed by atoms with Crippen molar-refractivity contribution < 1.29 is 27.1 Å². The molecule has 0 aliphatic carbocycles. The van der Waals surface area contributed by atoms with Gasteiger partial charge in [0, 0.05) is 17.6 Å². The van der Waals surface area contributed by atoms with Crippen LogP contribution in [0.5, 0.6) is 5.75 Å². The number of sulfonamides is 1. The number of nitrogens with one attached hydrogen (secondary N) is 1. The number of hydrogen-bond acceptors (Lipinski definition) is 5. The van der Waals surface area contributed by atoms with Crippen LogP contribution in [0.2, 0.25) is 5.02 Å². The highest BCUT2D eigenvalue weighted by Crippen LogP contribution is 2.27. The second-order valence-electron chi connectivity index (χ2n) is 9.15. The van der Waals surface area contributed by atoms with Crippen LogP contribution < -0.4 is 14.4 Å². The Bertz CT molecular complexity index is 1380. The molecule has 0 saturated heterocycles. The molecular formula is C28H31ClFN3O5S. The highest BCUT2D eigenvalue weighted by molar-refractivity contribution is 7.92. The normalized spacial score (nSPS) is 12.1. The Labute approximate surface area is 233 Å². The minimum Gasteiger partial charge on any atom is -0.497 e. The predicted octanol–water partition coefficient (Wildman–Crippen LogP) is 4.62. The third-order valence-corrected chi connectivity index (χ3v) is 7.95. The van der Waals surface area contributed by atoms with Crippen LogP contribution in [0.25, 0.3) is 0 Å². The zero-order valence-corrected chi connectivity index (χ0v) is 23.7. The number of halogens is 2. The molecule has 3 aromatic carbocycles. The summed E-state index contributed by atoms with van der Waals surface area (Å²) in [4.78, 5) is 27.9. The maximum atomic E-state index is 13.8. The van der Waals surface area contributed by atoms with Gasteiger partial charge in [0.2, 0.25) is 11.8 Å². The lowest BCUT2D eigenvalue weighted by Gasteiger charge is -2.32. The summed E-state index contributed by atoms with van der Waals surface area (Å²) in [5.74, 6) is -1.01. The molecule has 3 aromatic rings. The Hall–Kier alpha value is -3.63. The van der Waals surface area contributed by atoms with Crippen molar-refractivity contribution in [2.45, 2.75) is 44.3 Å². The monoisotopic (exact) mass is 575 g/mol. The van der Waals surface area contributed by atoms with Gasteiger partial charge in [-0.05, 0) is 87.0 Å². The molecule has 0 unspecified atom stereocenters. The van der Waals surface area contributed by atoms with E-state index in [1.165, 1.54) is 84.8 Å². The lowest BCUT2D eigenvalue weighted by Crippen LogP contribution is -2.52. The molecule has 0 saturated carbocycles. The Morgan fingerprint density at radius 2 is 1.54 bits per heavy atom. The number of anilines is 1. The van der Waals surface area contributed by atoms with E-state index in [2.05, 4.69) is 5.32 Å². The zero-order valence-electron chi connectivity index (χ0n) is 22.1. The molecule has 1 N–H and O–H groups in total. The molecule has 39 heavy (non-hydrogen) atoms. The van der Waals surface area contributed by atoms with Gasteiger partial charge >= 0.3 is 0 Å². The summed E-state index contributed by atoms with van der Waals surface area (Å²) in [7, 11) is -2.76. The van der Waals surface area contributed by atoms with Crippen molar-refractivity contribution in [2.24, 2.45) is 0 Å². The van der Waals surface area contributed by atoms with Crippen LogP contribution >= 0.6 is 11.6 Å². The van der Waals surface area contributed by atoms with Crippen molar-refractivity contribution in [1.29, 1.82) is 0 Å². The summed E-state index contributed by atoms with van der Waals surface area (Å²) in [5, 5.41) is 3.17. The molecule has 0 fully saturated rings. The van der Waals surface area contributed by atoms with Crippen LogP contribution in [0.15, 0.2) is 77.7 Å². The lowest BCUT2D eigenvalue weighted by molar-refractivity contribution is -0.139. The first-order valence-electron chi connectivity index (χ1n) is 12.2. The van der Waals surface area contributed by atoms with Gasteiger partial charge < -0.3 is 15.0 Å². The highest BCUT2D eigenvalue weighted by atomic mass is 35.5. The molecule has 0 radical (unpaired) electrons. The van der Waals surface area contributed by atoms with Crippen molar-refractivity contribution in [3.8, 4) is 5.75 Å². The first-order valence-corrected chi connectivity index (χ1v) is 14.0. The average molecular weight is 576 g/mol. The van der Waals surface area contributed by atoms with Gasteiger partial charge in [0.15, 0.2) is 0 Å². The standard InChI is InChI=1S/C28H31ClFN3O5S/c1-19(2)31-28(35)20(3)32(17-21-5-9-23(30)10-6-21)27(34)18-33(24-11-7-22(29)8-12-24)39(36,37)26-15-13-25(38-4)14-16-26/h5-16,19-20H,17-18H2,1-4H3,(H,31,35)/t20-/m0/s1. The smallest absolute Gasteiger partial charge is 0.264 e. The number of ether oxygens (including phenoxy) is 1. The molecule has 0 bridgehead atoms. The number of nitrogens with zero attached hydrogens (tertiary/aromatic N) is 2. The molecule has 0 heterocycles. The van der Waals surface area contributed by atoms with Gasteiger partial charge in [0.05, 0.1) is 17.7 Å². The van der Waals surface area contributed by atoms with Gasteiger partial charge in [-0.15, -0.1) is 0 Å². The van der Waals surface area contributed by atoms with Gasteiger partial charge in [0.1, 0.15) is 24.2 Å². The minimum atomic E-state index is -4.23. The van der Waals surface area contributed by atoms with Crippen molar-refractivity contribution in [3.63, 3.8) is 0 Å². The molecular weight excluding hydrogens is 545 g/mol. The summed E-state index contributed by atoms with van der Waals surface area (Å²) >= 11 is 6.03. The topological polar surface area (TPSA) is 96.0 Å². The van der Waals surface area contributed by atoms with Crippen molar-refractivity contribution in [2.75, 3.05) is 18.0 Å². The Morgan fingerprint density at radius 3 is 2.08 bits per heavy atom. The van der Waals surface area contributed by atoms with E-state index in [-0.39, 0.29) is 23.2 Å². The highest BCUT2D eigenvalue weighted by Gasteiger charge is 2.32. The largest absolute Gasteiger partial charge is 0.497 e. The number of benzene rings is 3. The zero-order chi connectivity index (χ0) is 28.7. The van der Waals surface area contributed by atoms with E-state index in [9.17, 15) is 22.4 Å². The van der Waals surface area contributed by atoms with Crippen LogP contribution in [0, 0.1) is 5.82 Å². The Balaban J connectivity index is 2.02.